The standard InChI is InChI=1S/C16H23N3O2.ClH/c1-21-15-5-3-2-4-13(15)14-10-17-8-9-19(14)11-16(20)18-12-6-7-12;/h2-5,12,14,17H,6-11H2,1H3,(H,18,20);1H. The van der Waals surface area contributed by atoms with Crippen molar-refractivity contribution in [2.75, 3.05) is 33.3 Å². The second kappa shape index (κ2) is 7.81. The molecular weight excluding hydrogens is 302 g/mol. The minimum atomic E-state index is 0. The molecule has 0 bridgehead atoms. The molecule has 1 aromatic rings. The third-order valence-corrected chi connectivity index (χ3v) is 4.14. The molecule has 0 radical (unpaired) electrons. The lowest BCUT2D eigenvalue weighted by atomic mass is 10.0. The van der Waals surface area contributed by atoms with Crippen LogP contribution in [0.2, 0.25) is 0 Å². The zero-order valence-electron chi connectivity index (χ0n) is 12.9. The second-order valence-electron chi connectivity index (χ2n) is 5.77. The summed E-state index contributed by atoms with van der Waals surface area (Å²) in [4.78, 5) is 14.3. The summed E-state index contributed by atoms with van der Waals surface area (Å²) in [6.07, 6.45) is 2.26. The SMILES string of the molecule is COc1ccccc1C1CNCCN1CC(=O)NC1CC1.Cl. The van der Waals surface area contributed by atoms with Crippen molar-refractivity contribution in [3.05, 3.63) is 29.8 Å². The number of nitrogens with one attached hydrogen (secondary N) is 2. The van der Waals surface area contributed by atoms with Crippen molar-refractivity contribution in [1.29, 1.82) is 0 Å². The third-order valence-electron chi connectivity index (χ3n) is 4.14. The summed E-state index contributed by atoms with van der Waals surface area (Å²) in [5.41, 5.74) is 1.14. The first-order chi connectivity index (χ1) is 10.3. The van der Waals surface area contributed by atoms with Crippen LogP contribution in [0.25, 0.3) is 0 Å². The van der Waals surface area contributed by atoms with Crippen molar-refractivity contribution in [2.45, 2.75) is 24.9 Å². The molecule has 2 fully saturated rings. The highest BCUT2D eigenvalue weighted by molar-refractivity contribution is 5.85. The molecule has 2 aliphatic rings. The minimum absolute atomic E-state index is 0. The predicted octanol–water partition coefficient (Wildman–Crippen LogP) is 1.34. The van der Waals surface area contributed by atoms with E-state index in [9.17, 15) is 4.79 Å². The number of nitrogens with zero attached hydrogens (tertiary/aromatic N) is 1. The Hall–Kier alpha value is -1.30. The van der Waals surface area contributed by atoms with Crippen molar-refractivity contribution in [3.63, 3.8) is 0 Å². The van der Waals surface area contributed by atoms with E-state index in [0.29, 0.717) is 12.6 Å². The van der Waals surface area contributed by atoms with E-state index >= 15 is 0 Å². The molecule has 2 N–H and O–H groups in total. The molecule has 1 saturated carbocycles. The average molecular weight is 326 g/mol. The summed E-state index contributed by atoms with van der Waals surface area (Å²) in [5.74, 6) is 1.03. The van der Waals surface area contributed by atoms with E-state index in [1.807, 2.05) is 18.2 Å². The van der Waals surface area contributed by atoms with Crippen LogP contribution in [0.5, 0.6) is 5.75 Å². The number of benzene rings is 1. The zero-order chi connectivity index (χ0) is 14.7. The van der Waals surface area contributed by atoms with Gasteiger partial charge in [0, 0.05) is 31.2 Å². The van der Waals surface area contributed by atoms with Gasteiger partial charge in [-0.05, 0) is 18.9 Å². The summed E-state index contributed by atoms with van der Waals surface area (Å²) >= 11 is 0. The summed E-state index contributed by atoms with van der Waals surface area (Å²) in [7, 11) is 1.69. The Morgan fingerprint density at radius 1 is 1.41 bits per heavy atom. The van der Waals surface area contributed by atoms with Gasteiger partial charge in [-0.25, -0.2) is 0 Å². The van der Waals surface area contributed by atoms with Gasteiger partial charge in [0.25, 0.3) is 0 Å². The predicted molar refractivity (Wildman–Crippen MR) is 88.6 cm³/mol. The highest BCUT2D eigenvalue weighted by Crippen LogP contribution is 2.30. The maximum absolute atomic E-state index is 12.1. The van der Waals surface area contributed by atoms with Gasteiger partial charge in [-0.2, -0.15) is 0 Å². The van der Waals surface area contributed by atoms with Gasteiger partial charge < -0.3 is 15.4 Å². The van der Waals surface area contributed by atoms with Crippen LogP contribution in [0, 0.1) is 0 Å². The van der Waals surface area contributed by atoms with Crippen molar-refractivity contribution in [2.24, 2.45) is 0 Å². The molecule has 6 heteroatoms. The minimum Gasteiger partial charge on any atom is -0.496 e. The van der Waals surface area contributed by atoms with Gasteiger partial charge in [0.05, 0.1) is 19.7 Å². The first kappa shape index (κ1) is 17.1. The van der Waals surface area contributed by atoms with Gasteiger partial charge in [0.1, 0.15) is 5.75 Å². The number of amides is 1. The molecular formula is C16H24ClN3O2. The summed E-state index contributed by atoms with van der Waals surface area (Å²) in [6.45, 7) is 3.10. The molecule has 1 aliphatic carbocycles. The van der Waals surface area contributed by atoms with E-state index in [1.54, 1.807) is 7.11 Å². The molecule has 1 atom stereocenters. The summed E-state index contributed by atoms with van der Waals surface area (Å²) in [6, 6.07) is 8.66. The third kappa shape index (κ3) is 4.12. The number of ether oxygens (including phenoxy) is 1. The number of carbonyl (C=O) groups excluding carboxylic acids is 1. The Balaban J connectivity index is 0.00000176. The Kier molecular flexibility index (Phi) is 6.06. The Bertz CT molecular complexity index is 508. The monoisotopic (exact) mass is 325 g/mol. The average Bonchev–Trinajstić information content (AvgIpc) is 3.31. The molecule has 122 valence electrons. The van der Waals surface area contributed by atoms with Crippen molar-refractivity contribution >= 4 is 18.3 Å². The van der Waals surface area contributed by atoms with E-state index in [2.05, 4.69) is 21.6 Å². The van der Waals surface area contributed by atoms with Gasteiger partial charge in [-0.1, -0.05) is 18.2 Å². The lowest BCUT2D eigenvalue weighted by Gasteiger charge is -2.36. The van der Waals surface area contributed by atoms with Crippen LogP contribution >= 0.6 is 12.4 Å². The molecule has 5 nitrogen and oxygen atoms in total. The number of hydrogen-bond donors (Lipinski definition) is 2. The van der Waals surface area contributed by atoms with Crippen molar-refractivity contribution in [1.82, 2.24) is 15.5 Å². The molecule has 1 heterocycles. The number of carbonyl (C=O) groups is 1. The van der Waals surface area contributed by atoms with Crippen LogP contribution in [-0.2, 0) is 4.79 Å². The van der Waals surface area contributed by atoms with Gasteiger partial charge in [0.15, 0.2) is 0 Å². The zero-order valence-corrected chi connectivity index (χ0v) is 13.7. The van der Waals surface area contributed by atoms with Crippen molar-refractivity contribution < 1.29 is 9.53 Å². The van der Waals surface area contributed by atoms with Gasteiger partial charge in [-0.3, -0.25) is 9.69 Å². The molecule has 0 aromatic heterocycles. The largest absolute Gasteiger partial charge is 0.496 e. The Labute approximate surface area is 137 Å². The lowest BCUT2D eigenvalue weighted by molar-refractivity contribution is -0.123. The van der Waals surface area contributed by atoms with Crippen LogP contribution < -0.4 is 15.4 Å². The molecule has 1 aromatic carbocycles. The van der Waals surface area contributed by atoms with Gasteiger partial charge >= 0.3 is 0 Å². The van der Waals surface area contributed by atoms with Gasteiger partial charge in [0.2, 0.25) is 5.91 Å². The molecule has 0 spiro atoms. The Morgan fingerprint density at radius 2 is 2.18 bits per heavy atom. The number of hydrogen-bond acceptors (Lipinski definition) is 4. The van der Waals surface area contributed by atoms with Gasteiger partial charge in [-0.15, -0.1) is 12.4 Å². The number of piperazine rings is 1. The maximum atomic E-state index is 12.1. The number of para-hydroxylation sites is 1. The molecule has 1 unspecified atom stereocenters. The topological polar surface area (TPSA) is 53.6 Å². The second-order valence-corrected chi connectivity index (χ2v) is 5.77. The molecule has 22 heavy (non-hydrogen) atoms. The molecule has 1 aliphatic heterocycles. The van der Waals surface area contributed by atoms with Crippen molar-refractivity contribution in [3.8, 4) is 5.75 Å². The van der Waals surface area contributed by atoms with Crippen LogP contribution in [0.1, 0.15) is 24.4 Å². The van der Waals surface area contributed by atoms with Crippen LogP contribution in [0.4, 0.5) is 0 Å². The molecule has 1 amide bonds. The molecule has 1 saturated heterocycles. The van der Waals surface area contributed by atoms with Crippen LogP contribution in [-0.4, -0.2) is 50.1 Å². The first-order valence-electron chi connectivity index (χ1n) is 7.65. The van der Waals surface area contributed by atoms with E-state index in [0.717, 1.165) is 43.8 Å². The lowest BCUT2D eigenvalue weighted by Crippen LogP contribution is -2.49. The summed E-state index contributed by atoms with van der Waals surface area (Å²) in [5, 5.41) is 6.48. The van der Waals surface area contributed by atoms with Crippen LogP contribution in [0.15, 0.2) is 24.3 Å². The number of rotatable bonds is 5. The highest BCUT2D eigenvalue weighted by atomic mass is 35.5. The van der Waals surface area contributed by atoms with E-state index in [-0.39, 0.29) is 24.4 Å². The number of methoxy groups -OCH3 is 1. The fourth-order valence-corrected chi connectivity index (χ4v) is 2.87. The quantitative estimate of drug-likeness (QED) is 0.858. The van der Waals surface area contributed by atoms with E-state index in [1.165, 1.54) is 0 Å². The fraction of sp³-hybridized carbons (Fsp3) is 0.562. The normalized spacial score (nSPS) is 21.8. The van der Waals surface area contributed by atoms with E-state index in [4.69, 9.17) is 4.74 Å². The first-order valence-corrected chi connectivity index (χ1v) is 7.65. The van der Waals surface area contributed by atoms with E-state index < -0.39 is 0 Å². The summed E-state index contributed by atoms with van der Waals surface area (Å²) < 4.78 is 5.47. The number of halogens is 1. The Morgan fingerprint density at radius 3 is 2.91 bits per heavy atom. The maximum Gasteiger partial charge on any atom is 0.234 e. The molecule has 3 rings (SSSR count). The smallest absolute Gasteiger partial charge is 0.234 e. The fourth-order valence-electron chi connectivity index (χ4n) is 2.87. The van der Waals surface area contributed by atoms with Crippen LogP contribution in [0.3, 0.4) is 0 Å². The highest BCUT2D eigenvalue weighted by Gasteiger charge is 2.29.